The number of hydrogen-bond donors (Lipinski definition) is 2. The lowest BCUT2D eigenvalue weighted by atomic mass is 10.1. The maximum Gasteiger partial charge on any atom is 0.404 e. The highest BCUT2D eigenvalue weighted by molar-refractivity contribution is 5.77. The van der Waals surface area contributed by atoms with E-state index in [1.165, 1.54) is 7.11 Å². The molecule has 0 aliphatic heterocycles. The summed E-state index contributed by atoms with van der Waals surface area (Å²) in [6.45, 7) is 1.68. The van der Waals surface area contributed by atoms with E-state index in [1.54, 1.807) is 31.2 Å². The van der Waals surface area contributed by atoms with E-state index in [-0.39, 0.29) is 0 Å². The van der Waals surface area contributed by atoms with Crippen LogP contribution < -0.4 is 15.8 Å². The molecule has 2 unspecified atom stereocenters. The fourth-order valence-electron chi connectivity index (χ4n) is 1.59. The molecule has 0 saturated heterocycles. The van der Waals surface area contributed by atoms with Crippen molar-refractivity contribution in [3.05, 3.63) is 29.8 Å². The van der Waals surface area contributed by atoms with Crippen molar-refractivity contribution in [2.75, 3.05) is 7.11 Å². The van der Waals surface area contributed by atoms with Crippen LogP contribution in [0.5, 0.6) is 5.75 Å². The number of hydrogen-bond acceptors (Lipinski definition) is 3. The second-order valence-corrected chi connectivity index (χ2v) is 4.41. The van der Waals surface area contributed by atoms with Crippen molar-refractivity contribution in [1.82, 2.24) is 5.32 Å². The molecule has 0 radical (unpaired) electrons. The highest BCUT2D eigenvalue weighted by Crippen LogP contribution is 2.21. The third-order valence-corrected chi connectivity index (χ3v) is 2.82. The minimum Gasteiger partial charge on any atom is -0.497 e. The molecule has 112 valence electrons. The van der Waals surface area contributed by atoms with E-state index in [0.29, 0.717) is 5.75 Å². The fourth-order valence-corrected chi connectivity index (χ4v) is 1.59. The van der Waals surface area contributed by atoms with Gasteiger partial charge in [0.15, 0.2) is 0 Å². The van der Waals surface area contributed by atoms with Crippen LogP contribution in [0.3, 0.4) is 0 Å². The molecule has 0 saturated carbocycles. The maximum atomic E-state index is 12.2. The summed E-state index contributed by atoms with van der Waals surface area (Å²) in [5.74, 6) is -0.0792. The summed E-state index contributed by atoms with van der Waals surface area (Å²) in [4.78, 5) is 11.5. The summed E-state index contributed by atoms with van der Waals surface area (Å²) in [5.41, 5.74) is 5.67. The highest BCUT2D eigenvalue weighted by Gasteiger charge is 2.38. The van der Waals surface area contributed by atoms with E-state index in [1.807, 2.05) is 0 Å². The molecule has 20 heavy (non-hydrogen) atoms. The molecule has 0 aliphatic rings. The lowest BCUT2D eigenvalue weighted by molar-refractivity contribution is -0.154. The van der Waals surface area contributed by atoms with Gasteiger partial charge in [0.1, 0.15) is 11.8 Å². The molecular formula is C13H17F3N2O2. The van der Waals surface area contributed by atoms with Gasteiger partial charge in [-0.1, -0.05) is 12.1 Å². The minimum absolute atomic E-state index is 0.408. The highest BCUT2D eigenvalue weighted by atomic mass is 19.4. The predicted octanol–water partition coefficient (Wildman–Crippen LogP) is 2.15. The molecule has 0 aromatic heterocycles. The standard InChI is InChI=1S/C13H17F3N2O2/c1-8(9-3-5-10(20-2)6-4-9)18-12(19)7-11(17)13(14,15)16/h3-6,8,11H,7,17H2,1-2H3,(H,18,19). The van der Waals surface area contributed by atoms with E-state index in [0.717, 1.165) is 5.56 Å². The van der Waals surface area contributed by atoms with Gasteiger partial charge in [-0.15, -0.1) is 0 Å². The van der Waals surface area contributed by atoms with E-state index < -0.39 is 30.6 Å². The topological polar surface area (TPSA) is 64.3 Å². The number of nitrogens with one attached hydrogen (secondary N) is 1. The number of halogens is 3. The van der Waals surface area contributed by atoms with Crippen LogP contribution in [0.4, 0.5) is 13.2 Å². The van der Waals surface area contributed by atoms with Crippen molar-refractivity contribution in [1.29, 1.82) is 0 Å². The molecule has 0 heterocycles. The van der Waals surface area contributed by atoms with Crippen molar-refractivity contribution in [3.63, 3.8) is 0 Å². The zero-order valence-corrected chi connectivity index (χ0v) is 11.2. The van der Waals surface area contributed by atoms with Gasteiger partial charge in [-0.3, -0.25) is 4.79 Å². The zero-order chi connectivity index (χ0) is 15.3. The number of nitrogens with two attached hydrogens (primary N) is 1. The van der Waals surface area contributed by atoms with Gasteiger partial charge in [0, 0.05) is 0 Å². The van der Waals surface area contributed by atoms with Gasteiger partial charge in [-0.05, 0) is 24.6 Å². The van der Waals surface area contributed by atoms with E-state index >= 15 is 0 Å². The SMILES string of the molecule is COc1ccc(C(C)NC(=O)CC(N)C(F)(F)F)cc1. The summed E-state index contributed by atoms with van der Waals surface area (Å²) in [6.07, 6.45) is -5.36. The van der Waals surface area contributed by atoms with Crippen molar-refractivity contribution < 1.29 is 22.7 Å². The van der Waals surface area contributed by atoms with Gasteiger partial charge in [0.05, 0.1) is 19.6 Å². The Morgan fingerprint density at radius 3 is 2.35 bits per heavy atom. The summed E-state index contributed by atoms with van der Waals surface area (Å²) in [6, 6.07) is 4.32. The lowest BCUT2D eigenvalue weighted by Crippen LogP contribution is -2.42. The maximum absolute atomic E-state index is 12.2. The Hall–Kier alpha value is -1.76. The number of amides is 1. The van der Waals surface area contributed by atoms with Gasteiger partial charge >= 0.3 is 6.18 Å². The first-order chi connectivity index (χ1) is 9.24. The quantitative estimate of drug-likeness (QED) is 0.873. The average Bonchev–Trinajstić information content (AvgIpc) is 2.37. The van der Waals surface area contributed by atoms with Crippen molar-refractivity contribution in [2.24, 2.45) is 5.73 Å². The van der Waals surface area contributed by atoms with Crippen LogP contribution in [0.25, 0.3) is 0 Å². The van der Waals surface area contributed by atoms with Crippen molar-refractivity contribution in [3.8, 4) is 5.75 Å². The largest absolute Gasteiger partial charge is 0.497 e. The smallest absolute Gasteiger partial charge is 0.404 e. The Morgan fingerprint density at radius 2 is 1.90 bits per heavy atom. The van der Waals surface area contributed by atoms with Crippen LogP contribution in [0.15, 0.2) is 24.3 Å². The third kappa shape index (κ3) is 4.73. The zero-order valence-electron chi connectivity index (χ0n) is 11.2. The summed E-state index contributed by atoms with van der Waals surface area (Å²) < 4.78 is 41.7. The van der Waals surface area contributed by atoms with Crippen LogP contribution in [0, 0.1) is 0 Å². The third-order valence-electron chi connectivity index (χ3n) is 2.82. The van der Waals surface area contributed by atoms with Crippen LogP contribution in [-0.4, -0.2) is 25.2 Å². The number of carbonyl (C=O) groups is 1. The molecule has 1 rings (SSSR count). The first-order valence-corrected chi connectivity index (χ1v) is 5.99. The monoisotopic (exact) mass is 290 g/mol. The van der Waals surface area contributed by atoms with E-state index in [2.05, 4.69) is 5.32 Å². The van der Waals surface area contributed by atoms with E-state index in [9.17, 15) is 18.0 Å². The molecule has 1 aromatic rings. The lowest BCUT2D eigenvalue weighted by Gasteiger charge is -2.18. The van der Waals surface area contributed by atoms with Gasteiger partial charge in [-0.2, -0.15) is 13.2 Å². The Kier molecular flexibility index (Phi) is 5.38. The number of alkyl halides is 3. The number of methoxy groups -OCH3 is 1. The molecule has 1 amide bonds. The number of ether oxygens (including phenoxy) is 1. The van der Waals surface area contributed by atoms with Crippen LogP contribution in [-0.2, 0) is 4.79 Å². The molecule has 1 aromatic carbocycles. The van der Waals surface area contributed by atoms with Crippen LogP contribution in [0.2, 0.25) is 0 Å². The van der Waals surface area contributed by atoms with Gasteiger partial charge in [0.25, 0.3) is 0 Å². The molecule has 0 fully saturated rings. The second kappa shape index (κ2) is 6.60. The molecule has 7 heteroatoms. The van der Waals surface area contributed by atoms with Crippen LogP contribution >= 0.6 is 0 Å². The first kappa shape index (κ1) is 16.3. The molecule has 3 N–H and O–H groups in total. The van der Waals surface area contributed by atoms with E-state index in [4.69, 9.17) is 10.5 Å². The summed E-state index contributed by atoms with van der Waals surface area (Å²) in [5, 5.41) is 2.48. The Labute approximate surface area is 115 Å². The normalized spacial score (nSPS) is 14.5. The molecule has 0 aliphatic carbocycles. The Balaban J connectivity index is 2.56. The van der Waals surface area contributed by atoms with Gasteiger partial charge in [-0.25, -0.2) is 0 Å². The Bertz CT molecular complexity index is 446. The van der Waals surface area contributed by atoms with Crippen LogP contribution in [0.1, 0.15) is 24.9 Å². The molecule has 2 atom stereocenters. The molecular weight excluding hydrogens is 273 g/mol. The summed E-state index contributed by atoms with van der Waals surface area (Å²) >= 11 is 0. The minimum atomic E-state index is -4.57. The molecule has 0 spiro atoms. The van der Waals surface area contributed by atoms with Gasteiger partial charge in [0.2, 0.25) is 5.91 Å². The second-order valence-electron chi connectivity index (χ2n) is 4.41. The fraction of sp³-hybridized carbons (Fsp3) is 0.462. The van der Waals surface area contributed by atoms with Crippen molar-refractivity contribution >= 4 is 5.91 Å². The summed E-state index contributed by atoms with van der Waals surface area (Å²) in [7, 11) is 1.53. The Morgan fingerprint density at radius 1 is 1.35 bits per heavy atom. The predicted molar refractivity (Wildman–Crippen MR) is 68.2 cm³/mol. The van der Waals surface area contributed by atoms with Crippen molar-refractivity contribution in [2.45, 2.75) is 31.6 Å². The molecule has 0 bridgehead atoms. The first-order valence-electron chi connectivity index (χ1n) is 5.99. The molecule has 4 nitrogen and oxygen atoms in total. The van der Waals surface area contributed by atoms with Gasteiger partial charge < -0.3 is 15.8 Å². The number of carbonyl (C=O) groups excluding carboxylic acids is 1. The number of rotatable bonds is 5. The number of benzene rings is 1. The average molecular weight is 290 g/mol.